The van der Waals surface area contributed by atoms with Crippen molar-refractivity contribution >= 4 is 27.7 Å². The molecule has 0 atom stereocenters. The summed E-state index contributed by atoms with van der Waals surface area (Å²) >= 11 is 0. The normalized spacial score (nSPS) is 11.1. The van der Waals surface area contributed by atoms with E-state index >= 15 is 0 Å². The Bertz CT molecular complexity index is 1420. The van der Waals surface area contributed by atoms with Gasteiger partial charge in [0.25, 0.3) is 5.91 Å². The molecule has 164 valence electrons. The lowest BCUT2D eigenvalue weighted by Gasteiger charge is -2.11. The molecule has 0 spiro atoms. The molecule has 0 aliphatic carbocycles. The monoisotopic (exact) mass is 435 g/mol. The van der Waals surface area contributed by atoms with Crippen molar-refractivity contribution in [3.63, 3.8) is 0 Å². The van der Waals surface area contributed by atoms with Gasteiger partial charge >= 0.3 is 0 Å². The van der Waals surface area contributed by atoms with Crippen molar-refractivity contribution < 1.29 is 9.53 Å². The Kier molecular flexibility index (Phi) is 5.77. The van der Waals surface area contributed by atoms with Gasteiger partial charge in [-0.15, -0.1) is 0 Å². The van der Waals surface area contributed by atoms with E-state index in [4.69, 9.17) is 9.72 Å². The van der Waals surface area contributed by atoms with Crippen molar-refractivity contribution in [2.24, 2.45) is 0 Å². The van der Waals surface area contributed by atoms with Crippen LogP contribution in [-0.2, 0) is 13.0 Å². The third kappa shape index (κ3) is 4.44. The molecule has 0 radical (unpaired) electrons. The lowest BCUT2D eigenvalue weighted by Crippen LogP contribution is -2.26. The van der Waals surface area contributed by atoms with Gasteiger partial charge in [0.2, 0.25) is 0 Å². The molecule has 0 bridgehead atoms. The molecule has 1 N–H and O–H groups in total. The number of benzene rings is 4. The molecular weight excluding hydrogens is 410 g/mol. The Morgan fingerprint density at radius 2 is 1.67 bits per heavy atom. The van der Waals surface area contributed by atoms with E-state index < -0.39 is 0 Å². The van der Waals surface area contributed by atoms with Crippen LogP contribution in [0.15, 0.2) is 91.0 Å². The van der Waals surface area contributed by atoms with Crippen LogP contribution < -0.4 is 10.1 Å². The number of aromatic nitrogens is 2. The van der Waals surface area contributed by atoms with E-state index in [-0.39, 0.29) is 5.91 Å². The Morgan fingerprint density at radius 1 is 0.909 bits per heavy atom. The van der Waals surface area contributed by atoms with E-state index in [1.165, 1.54) is 16.3 Å². The molecule has 1 aromatic heterocycles. The number of hydrogen-bond donors (Lipinski definition) is 1. The lowest BCUT2D eigenvalue weighted by molar-refractivity contribution is 0.0954. The van der Waals surface area contributed by atoms with Gasteiger partial charge in [-0.05, 0) is 58.8 Å². The number of carbonyl (C=O) groups excluding carboxylic acids is 1. The number of nitrogens with zero attached hydrogens (tertiary/aromatic N) is 2. The van der Waals surface area contributed by atoms with Crippen LogP contribution in [-0.4, -0.2) is 29.1 Å². The fourth-order valence-corrected chi connectivity index (χ4v) is 4.14. The lowest BCUT2D eigenvalue weighted by atomic mass is 10.1. The van der Waals surface area contributed by atoms with Crippen LogP contribution in [0.25, 0.3) is 21.8 Å². The number of para-hydroxylation sites is 2. The second-order valence-corrected chi connectivity index (χ2v) is 8.02. The number of carbonyl (C=O) groups is 1. The fraction of sp³-hybridized carbons (Fsp3) is 0.143. The first kappa shape index (κ1) is 20.8. The molecule has 0 aliphatic rings. The third-order valence-corrected chi connectivity index (χ3v) is 5.87. The second-order valence-electron chi connectivity index (χ2n) is 8.02. The van der Waals surface area contributed by atoms with E-state index in [1.54, 1.807) is 31.4 Å². The quantitative estimate of drug-likeness (QED) is 0.381. The van der Waals surface area contributed by atoms with Crippen LogP contribution in [0.2, 0.25) is 0 Å². The summed E-state index contributed by atoms with van der Waals surface area (Å²) in [4.78, 5) is 17.4. The number of ether oxygens (including phenoxy) is 1. The molecule has 33 heavy (non-hydrogen) atoms. The topological polar surface area (TPSA) is 56.1 Å². The molecule has 0 saturated carbocycles. The van der Waals surface area contributed by atoms with Gasteiger partial charge in [0.15, 0.2) is 0 Å². The summed E-state index contributed by atoms with van der Waals surface area (Å²) in [5, 5.41) is 5.48. The Balaban J connectivity index is 1.35. The molecule has 1 amide bonds. The summed E-state index contributed by atoms with van der Waals surface area (Å²) in [5.41, 5.74) is 3.90. The standard InChI is InChI=1S/C28H25N3O2/c1-33-24-14-12-22(13-15-24)28(32)29-17-16-27-30-25-8-4-5-9-26(25)31(27)19-20-10-11-21-6-2-3-7-23(21)18-20/h2-15,18H,16-17,19H2,1H3,(H,29,32). The molecule has 5 heteroatoms. The number of fused-ring (bicyclic) bond motifs is 2. The molecule has 0 fully saturated rings. The summed E-state index contributed by atoms with van der Waals surface area (Å²) in [5.74, 6) is 1.59. The third-order valence-electron chi connectivity index (χ3n) is 5.87. The van der Waals surface area contributed by atoms with Gasteiger partial charge < -0.3 is 14.6 Å². The maximum absolute atomic E-state index is 12.5. The number of rotatable bonds is 7. The average molecular weight is 436 g/mol. The predicted octanol–water partition coefficient (Wildman–Crippen LogP) is 5.22. The van der Waals surface area contributed by atoms with Gasteiger partial charge in [-0.2, -0.15) is 0 Å². The number of hydrogen-bond acceptors (Lipinski definition) is 3. The van der Waals surface area contributed by atoms with Gasteiger partial charge in [-0.3, -0.25) is 4.79 Å². The zero-order valence-electron chi connectivity index (χ0n) is 18.5. The molecule has 0 saturated heterocycles. The highest BCUT2D eigenvalue weighted by atomic mass is 16.5. The summed E-state index contributed by atoms with van der Waals surface area (Å²) in [7, 11) is 1.61. The van der Waals surface area contributed by atoms with E-state index in [0.29, 0.717) is 18.5 Å². The maximum atomic E-state index is 12.5. The van der Waals surface area contributed by atoms with Crippen LogP contribution in [0.3, 0.4) is 0 Å². The molecule has 5 rings (SSSR count). The molecule has 4 aromatic carbocycles. The van der Waals surface area contributed by atoms with Crippen LogP contribution >= 0.6 is 0 Å². The Hall–Kier alpha value is -4.12. The first-order valence-corrected chi connectivity index (χ1v) is 11.1. The van der Waals surface area contributed by atoms with Crippen LogP contribution in [0.4, 0.5) is 0 Å². The van der Waals surface area contributed by atoms with Crippen LogP contribution in [0.1, 0.15) is 21.7 Å². The Labute approximate surface area is 192 Å². The first-order chi connectivity index (χ1) is 16.2. The number of nitrogens with one attached hydrogen (secondary N) is 1. The van der Waals surface area contributed by atoms with Crippen LogP contribution in [0.5, 0.6) is 5.75 Å². The van der Waals surface area contributed by atoms with Gasteiger partial charge in [-0.25, -0.2) is 4.98 Å². The van der Waals surface area contributed by atoms with Crippen molar-refractivity contribution in [2.75, 3.05) is 13.7 Å². The van der Waals surface area contributed by atoms with Crippen molar-refractivity contribution in [2.45, 2.75) is 13.0 Å². The fourth-order valence-electron chi connectivity index (χ4n) is 4.14. The first-order valence-electron chi connectivity index (χ1n) is 11.1. The summed E-state index contributed by atoms with van der Waals surface area (Å²) < 4.78 is 7.41. The number of amides is 1. The SMILES string of the molecule is COc1ccc(C(=O)NCCc2nc3ccccc3n2Cc2ccc3ccccc3c2)cc1. The van der Waals surface area contributed by atoms with Crippen molar-refractivity contribution in [3.05, 3.63) is 108 Å². The Morgan fingerprint density at radius 3 is 2.48 bits per heavy atom. The van der Waals surface area contributed by atoms with E-state index in [9.17, 15) is 4.79 Å². The maximum Gasteiger partial charge on any atom is 0.251 e. The van der Waals surface area contributed by atoms with Crippen molar-refractivity contribution in [1.82, 2.24) is 14.9 Å². The average Bonchev–Trinajstić information content (AvgIpc) is 3.21. The van der Waals surface area contributed by atoms with Gasteiger partial charge in [-0.1, -0.05) is 48.5 Å². The highest BCUT2D eigenvalue weighted by molar-refractivity contribution is 5.94. The number of methoxy groups -OCH3 is 1. The van der Waals surface area contributed by atoms with E-state index in [2.05, 4.69) is 58.4 Å². The van der Waals surface area contributed by atoms with Gasteiger partial charge in [0.05, 0.1) is 18.1 Å². The molecule has 1 heterocycles. The summed E-state index contributed by atoms with van der Waals surface area (Å²) in [6.45, 7) is 1.24. The molecule has 0 aliphatic heterocycles. The van der Waals surface area contributed by atoms with Crippen molar-refractivity contribution in [1.29, 1.82) is 0 Å². The van der Waals surface area contributed by atoms with Gasteiger partial charge in [0, 0.05) is 25.1 Å². The summed E-state index contributed by atoms with van der Waals surface area (Å²) in [6, 6.07) is 30.3. The predicted molar refractivity (Wildman–Crippen MR) is 132 cm³/mol. The highest BCUT2D eigenvalue weighted by Gasteiger charge is 2.12. The highest BCUT2D eigenvalue weighted by Crippen LogP contribution is 2.21. The minimum atomic E-state index is -0.102. The smallest absolute Gasteiger partial charge is 0.251 e. The summed E-state index contributed by atoms with van der Waals surface area (Å²) in [6.07, 6.45) is 0.643. The van der Waals surface area contributed by atoms with Crippen LogP contribution in [0, 0.1) is 0 Å². The largest absolute Gasteiger partial charge is 0.497 e. The van der Waals surface area contributed by atoms with Crippen molar-refractivity contribution in [3.8, 4) is 5.75 Å². The second kappa shape index (κ2) is 9.17. The zero-order valence-corrected chi connectivity index (χ0v) is 18.5. The van der Waals surface area contributed by atoms with E-state index in [1.807, 2.05) is 18.2 Å². The molecule has 0 unspecified atom stereocenters. The number of imidazole rings is 1. The minimum absolute atomic E-state index is 0.102. The molecule has 5 nitrogen and oxygen atoms in total. The van der Waals surface area contributed by atoms with E-state index in [0.717, 1.165) is 29.2 Å². The molecular formula is C28H25N3O2. The minimum Gasteiger partial charge on any atom is -0.497 e. The van der Waals surface area contributed by atoms with Gasteiger partial charge in [0.1, 0.15) is 11.6 Å². The molecule has 5 aromatic rings. The zero-order chi connectivity index (χ0) is 22.6.